The molecule has 2 N–H and O–H groups in total. The quantitative estimate of drug-likeness (QED) is 0.900. The van der Waals surface area contributed by atoms with Gasteiger partial charge >= 0.3 is 0 Å². The number of nitrogens with zero attached hydrogens (tertiary/aromatic N) is 1. The minimum atomic E-state index is 0.382. The zero-order valence-electron chi connectivity index (χ0n) is 12.7. The summed E-state index contributed by atoms with van der Waals surface area (Å²) in [7, 11) is 0. The molecule has 1 aromatic rings. The van der Waals surface area contributed by atoms with Gasteiger partial charge in [-0.05, 0) is 51.3 Å². The largest absolute Gasteiger partial charge is 0.329 e. The van der Waals surface area contributed by atoms with Crippen LogP contribution in [0.2, 0.25) is 0 Å². The SMILES string of the molecule is Cc1ccc(C)c(C(CN)N2CCCCCC2C)c1. The number of aryl methyl sites for hydroxylation is 2. The van der Waals surface area contributed by atoms with E-state index >= 15 is 0 Å². The molecule has 0 saturated carbocycles. The van der Waals surface area contributed by atoms with Crippen LogP contribution in [0.5, 0.6) is 0 Å². The lowest BCUT2D eigenvalue weighted by Crippen LogP contribution is -2.40. The molecule has 1 aliphatic heterocycles. The lowest BCUT2D eigenvalue weighted by Gasteiger charge is -2.36. The Morgan fingerprint density at radius 1 is 1.26 bits per heavy atom. The maximum absolute atomic E-state index is 6.13. The average molecular weight is 260 g/mol. The molecule has 0 radical (unpaired) electrons. The Hall–Kier alpha value is -0.860. The second-order valence-electron chi connectivity index (χ2n) is 6.05. The maximum atomic E-state index is 6.13. The van der Waals surface area contributed by atoms with Crippen molar-refractivity contribution in [1.82, 2.24) is 4.90 Å². The van der Waals surface area contributed by atoms with Crippen molar-refractivity contribution in [1.29, 1.82) is 0 Å². The van der Waals surface area contributed by atoms with Crippen LogP contribution in [0.3, 0.4) is 0 Å². The van der Waals surface area contributed by atoms with Gasteiger partial charge in [-0.1, -0.05) is 36.6 Å². The van der Waals surface area contributed by atoms with Crippen molar-refractivity contribution in [3.8, 4) is 0 Å². The first-order valence-corrected chi connectivity index (χ1v) is 7.66. The fraction of sp³-hybridized carbons (Fsp3) is 0.647. The van der Waals surface area contributed by atoms with E-state index in [1.807, 2.05) is 0 Å². The molecule has 0 spiro atoms. The molecule has 1 heterocycles. The fourth-order valence-electron chi connectivity index (χ4n) is 3.32. The number of rotatable bonds is 3. The number of hydrogen-bond donors (Lipinski definition) is 1. The normalized spacial score (nSPS) is 23.1. The highest BCUT2D eigenvalue weighted by molar-refractivity contribution is 5.33. The van der Waals surface area contributed by atoms with Crippen molar-refractivity contribution in [2.24, 2.45) is 5.73 Å². The molecule has 1 saturated heterocycles. The highest BCUT2D eigenvalue weighted by Crippen LogP contribution is 2.29. The van der Waals surface area contributed by atoms with E-state index in [1.54, 1.807) is 0 Å². The van der Waals surface area contributed by atoms with E-state index in [0.29, 0.717) is 18.6 Å². The predicted octanol–water partition coefficient (Wildman–Crippen LogP) is 3.57. The molecular formula is C17H28N2. The molecule has 0 amide bonds. The molecule has 106 valence electrons. The monoisotopic (exact) mass is 260 g/mol. The molecule has 2 nitrogen and oxygen atoms in total. The van der Waals surface area contributed by atoms with Crippen molar-refractivity contribution in [3.05, 3.63) is 34.9 Å². The smallest absolute Gasteiger partial charge is 0.0475 e. The summed E-state index contributed by atoms with van der Waals surface area (Å²) >= 11 is 0. The Morgan fingerprint density at radius 2 is 2.05 bits per heavy atom. The van der Waals surface area contributed by atoms with E-state index in [9.17, 15) is 0 Å². The van der Waals surface area contributed by atoms with Crippen molar-refractivity contribution in [3.63, 3.8) is 0 Å². The molecule has 2 atom stereocenters. The van der Waals surface area contributed by atoms with Gasteiger partial charge < -0.3 is 5.73 Å². The molecule has 19 heavy (non-hydrogen) atoms. The summed E-state index contributed by atoms with van der Waals surface area (Å²) in [6.45, 7) is 8.65. The van der Waals surface area contributed by atoms with E-state index in [2.05, 4.69) is 43.9 Å². The van der Waals surface area contributed by atoms with Crippen molar-refractivity contribution in [2.75, 3.05) is 13.1 Å². The number of nitrogens with two attached hydrogens (primary N) is 1. The van der Waals surface area contributed by atoms with Crippen LogP contribution in [0.15, 0.2) is 18.2 Å². The summed E-state index contributed by atoms with van der Waals surface area (Å²) in [5, 5.41) is 0. The topological polar surface area (TPSA) is 29.3 Å². The molecule has 2 heteroatoms. The first kappa shape index (κ1) is 14.5. The minimum Gasteiger partial charge on any atom is -0.329 e. The van der Waals surface area contributed by atoms with E-state index in [4.69, 9.17) is 5.73 Å². The van der Waals surface area contributed by atoms with Crippen molar-refractivity contribution < 1.29 is 0 Å². The fourth-order valence-corrected chi connectivity index (χ4v) is 3.32. The molecule has 0 aliphatic carbocycles. The average Bonchev–Trinajstić information content (AvgIpc) is 2.60. The zero-order valence-corrected chi connectivity index (χ0v) is 12.7. The zero-order chi connectivity index (χ0) is 13.8. The van der Waals surface area contributed by atoms with Crippen LogP contribution in [0.4, 0.5) is 0 Å². The number of hydrogen-bond acceptors (Lipinski definition) is 2. The molecular weight excluding hydrogens is 232 g/mol. The summed E-state index contributed by atoms with van der Waals surface area (Å²) < 4.78 is 0. The first-order valence-electron chi connectivity index (χ1n) is 7.66. The van der Waals surface area contributed by atoms with Crippen LogP contribution in [0.25, 0.3) is 0 Å². The van der Waals surface area contributed by atoms with Gasteiger partial charge in [0.05, 0.1) is 0 Å². The Morgan fingerprint density at radius 3 is 2.79 bits per heavy atom. The summed E-state index contributed by atoms with van der Waals surface area (Å²) in [5.41, 5.74) is 10.3. The summed E-state index contributed by atoms with van der Waals surface area (Å²) in [5.74, 6) is 0. The third-order valence-corrected chi connectivity index (χ3v) is 4.52. The summed E-state index contributed by atoms with van der Waals surface area (Å²) in [6, 6.07) is 7.78. The van der Waals surface area contributed by atoms with Crippen LogP contribution in [-0.4, -0.2) is 24.0 Å². The first-order chi connectivity index (χ1) is 9.13. The third kappa shape index (κ3) is 3.37. The van der Waals surface area contributed by atoms with E-state index in [-0.39, 0.29) is 0 Å². The Kier molecular flexibility index (Phi) is 5.00. The number of likely N-dealkylation sites (tertiary alicyclic amines) is 1. The third-order valence-electron chi connectivity index (χ3n) is 4.52. The highest BCUT2D eigenvalue weighted by Gasteiger charge is 2.26. The van der Waals surface area contributed by atoms with E-state index < -0.39 is 0 Å². The Bertz CT molecular complexity index is 414. The van der Waals surface area contributed by atoms with Gasteiger partial charge in [-0.2, -0.15) is 0 Å². The molecule has 2 rings (SSSR count). The predicted molar refractivity (Wildman–Crippen MR) is 82.3 cm³/mol. The van der Waals surface area contributed by atoms with Crippen LogP contribution in [0, 0.1) is 13.8 Å². The van der Waals surface area contributed by atoms with Crippen molar-refractivity contribution in [2.45, 2.75) is 58.5 Å². The van der Waals surface area contributed by atoms with Crippen molar-refractivity contribution >= 4 is 0 Å². The van der Waals surface area contributed by atoms with E-state index in [1.165, 1.54) is 48.9 Å². The van der Waals surface area contributed by atoms with Gasteiger partial charge in [-0.3, -0.25) is 4.90 Å². The second-order valence-corrected chi connectivity index (χ2v) is 6.05. The van der Waals surface area contributed by atoms with Gasteiger partial charge in [0.1, 0.15) is 0 Å². The molecule has 1 aromatic carbocycles. The molecule has 0 aromatic heterocycles. The van der Waals surface area contributed by atoms with Gasteiger partial charge in [-0.15, -0.1) is 0 Å². The Balaban J connectivity index is 2.29. The van der Waals surface area contributed by atoms with Crippen LogP contribution >= 0.6 is 0 Å². The molecule has 1 fully saturated rings. The molecule has 1 aliphatic rings. The van der Waals surface area contributed by atoms with Crippen LogP contribution in [-0.2, 0) is 0 Å². The van der Waals surface area contributed by atoms with Gasteiger partial charge in [0.2, 0.25) is 0 Å². The van der Waals surface area contributed by atoms with Gasteiger partial charge in [0.25, 0.3) is 0 Å². The van der Waals surface area contributed by atoms with Gasteiger partial charge in [0, 0.05) is 18.6 Å². The standard InChI is InChI=1S/C17H28N2/c1-13-8-9-14(2)16(11-13)17(12-18)19-10-6-4-5-7-15(19)3/h8-9,11,15,17H,4-7,10,12,18H2,1-3H3. The maximum Gasteiger partial charge on any atom is 0.0475 e. The molecule has 2 unspecified atom stereocenters. The van der Waals surface area contributed by atoms with Gasteiger partial charge in [0.15, 0.2) is 0 Å². The van der Waals surface area contributed by atoms with Crippen LogP contribution in [0.1, 0.15) is 55.3 Å². The van der Waals surface area contributed by atoms with Crippen LogP contribution < -0.4 is 5.73 Å². The number of benzene rings is 1. The van der Waals surface area contributed by atoms with Gasteiger partial charge in [-0.25, -0.2) is 0 Å². The lowest BCUT2D eigenvalue weighted by atomic mass is 9.96. The minimum absolute atomic E-state index is 0.382. The summed E-state index contributed by atoms with van der Waals surface area (Å²) in [6.07, 6.45) is 5.35. The summed E-state index contributed by atoms with van der Waals surface area (Å²) in [4.78, 5) is 2.63. The van der Waals surface area contributed by atoms with E-state index in [0.717, 1.165) is 0 Å². The Labute approximate surface area is 118 Å². The molecule has 0 bridgehead atoms. The lowest BCUT2D eigenvalue weighted by molar-refractivity contribution is 0.150. The second kappa shape index (κ2) is 6.53. The highest BCUT2D eigenvalue weighted by atomic mass is 15.2.